The van der Waals surface area contributed by atoms with Crippen molar-refractivity contribution in [1.29, 1.82) is 0 Å². The fourth-order valence-electron chi connectivity index (χ4n) is 4.31. The zero-order chi connectivity index (χ0) is 29.6. The van der Waals surface area contributed by atoms with Gasteiger partial charge in [-0.1, -0.05) is 78.2 Å². The Morgan fingerprint density at radius 1 is 0.925 bits per heavy atom. The van der Waals surface area contributed by atoms with Gasteiger partial charge in [-0.15, -0.1) is 0 Å². The van der Waals surface area contributed by atoms with Crippen LogP contribution in [0.15, 0.2) is 71.6 Å². The van der Waals surface area contributed by atoms with Gasteiger partial charge >= 0.3 is 0 Å². The van der Waals surface area contributed by atoms with Gasteiger partial charge in [0.1, 0.15) is 12.6 Å². The molecule has 1 atom stereocenters. The van der Waals surface area contributed by atoms with Gasteiger partial charge in [0.2, 0.25) is 11.8 Å². The molecule has 0 aliphatic rings. The van der Waals surface area contributed by atoms with E-state index in [1.165, 1.54) is 23.1 Å². The van der Waals surface area contributed by atoms with Crippen LogP contribution in [-0.4, -0.2) is 43.8 Å². The lowest BCUT2D eigenvalue weighted by Crippen LogP contribution is -2.53. The van der Waals surface area contributed by atoms with E-state index in [0.717, 1.165) is 21.0 Å². The summed E-state index contributed by atoms with van der Waals surface area (Å²) in [6.07, 6.45) is 0.332. The smallest absolute Gasteiger partial charge is 0.264 e. The molecule has 10 heteroatoms. The molecule has 0 aliphatic heterocycles. The average Bonchev–Trinajstić information content (AvgIpc) is 2.89. The van der Waals surface area contributed by atoms with Crippen LogP contribution in [0.1, 0.15) is 43.9 Å². The van der Waals surface area contributed by atoms with E-state index in [-0.39, 0.29) is 39.1 Å². The molecule has 0 fully saturated rings. The number of nitrogens with one attached hydrogen (secondary N) is 1. The molecular weight excluding hydrogens is 569 g/mol. The molecule has 0 heterocycles. The van der Waals surface area contributed by atoms with Gasteiger partial charge in [-0.25, -0.2) is 8.42 Å². The molecule has 1 N–H and O–H groups in total. The van der Waals surface area contributed by atoms with E-state index >= 15 is 0 Å². The summed E-state index contributed by atoms with van der Waals surface area (Å²) in [4.78, 5) is 28.8. The third kappa shape index (κ3) is 7.36. The third-order valence-electron chi connectivity index (χ3n) is 6.51. The van der Waals surface area contributed by atoms with E-state index in [1.54, 1.807) is 24.3 Å². The number of hydrogen-bond donors (Lipinski definition) is 1. The highest BCUT2D eigenvalue weighted by atomic mass is 35.5. The van der Waals surface area contributed by atoms with Gasteiger partial charge in [0.25, 0.3) is 10.0 Å². The maximum absolute atomic E-state index is 14.1. The SMILES string of the molecule is CC[C@H](C(=O)NC(C)C)N(Cc1ccccc1C)C(=O)CN(c1cccc(Cl)c1Cl)S(=O)(=O)c1ccc(C)cc1. The highest BCUT2D eigenvalue weighted by molar-refractivity contribution is 7.92. The summed E-state index contributed by atoms with van der Waals surface area (Å²) in [5.41, 5.74) is 2.74. The lowest BCUT2D eigenvalue weighted by atomic mass is 10.1. The monoisotopic (exact) mass is 603 g/mol. The second-order valence-electron chi connectivity index (χ2n) is 9.93. The molecule has 3 rings (SSSR count). The molecule has 3 aromatic carbocycles. The van der Waals surface area contributed by atoms with E-state index in [1.807, 2.05) is 58.9 Å². The number of nitrogens with zero attached hydrogens (tertiary/aromatic N) is 2. The number of amides is 2. The molecule has 214 valence electrons. The summed E-state index contributed by atoms with van der Waals surface area (Å²) in [5.74, 6) is -0.867. The Hall–Kier alpha value is -3.07. The van der Waals surface area contributed by atoms with Crippen molar-refractivity contribution in [3.8, 4) is 0 Å². The van der Waals surface area contributed by atoms with Crippen LogP contribution in [0, 0.1) is 13.8 Å². The summed E-state index contributed by atoms with van der Waals surface area (Å²) in [6, 6.07) is 17.5. The van der Waals surface area contributed by atoms with Crippen molar-refractivity contribution in [3.05, 3.63) is 93.5 Å². The minimum atomic E-state index is -4.25. The fraction of sp³-hybridized carbons (Fsp3) is 0.333. The van der Waals surface area contributed by atoms with Gasteiger partial charge in [-0.05, 0) is 69.5 Å². The average molecular weight is 605 g/mol. The van der Waals surface area contributed by atoms with Crippen molar-refractivity contribution in [2.24, 2.45) is 0 Å². The summed E-state index contributed by atoms with van der Waals surface area (Å²) < 4.78 is 28.9. The van der Waals surface area contributed by atoms with E-state index in [9.17, 15) is 18.0 Å². The Balaban J connectivity index is 2.12. The Morgan fingerprint density at radius 3 is 2.17 bits per heavy atom. The van der Waals surface area contributed by atoms with Crippen molar-refractivity contribution in [2.75, 3.05) is 10.8 Å². The van der Waals surface area contributed by atoms with Gasteiger partial charge in [-0.2, -0.15) is 0 Å². The lowest BCUT2D eigenvalue weighted by molar-refractivity contribution is -0.140. The minimum absolute atomic E-state index is 0.00250. The number of aryl methyl sites for hydroxylation is 2. The number of carbonyl (C=O) groups is 2. The molecule has 0 saturated heterocycles. The number of benzene rings is 3. The van der Waals surface area contributed by atoms with Crippen LogP contribution in [0.4, 0.5) is 5.69 Å². The Morgan fingerprint density at radius 2 is 1.57 bits per heavy atom. The molecule has 7 nitrogen and oxygen atoms in total. The second kappa shape index (κ2) is 13.5. The first-order chi connectivity index (χ1) is 18.9. The normalized spacial score (nSPS) is 12.2. The number of rotatable bonds is 11. The predicted molar refractivity (Wildman–Crippen MR) is 161 cm³/mol. The third-order valence-corrected chi connectivity index (χ3v) is 9.09. The van der Waals surface area contributed by atoms with Crippen LogP contribution >= 0.6 is 23.2 Å². The zero-order valence-corrected chi connectivity index (χ0v) is 25.6. The van der Waals surface area contributed by atoms with Crippen molar-refractivity contribution in [1.82, 2.24) is 10.2 Å². The molecule has 0 aromatic heterocycles. The van der Waals surface area contributed by atoms with Crippen molar-refractivity contribution >= 4 is 50.7 Å². The second-order valence-corrected chi connectivity index (χ2v) is 12.6. The van der Waals surface area contributed by atoms with E-state index in [4.69, 9.17) is 23.2 Å². The maximum atomic E-state index is 14.1. The molecule has 0 saturated carbocycles. The van der Waals surface area contributed by atoms with Crippen molar-refractivity contribution in [3.63, 3.8) is 0 Å². The summed E-state index contributed by atoms with van der Waals surface area (Å²) in [5, 5.41) is 3.04. The minimum Gasteiger partial charge on any atom is -0.352 e. The summed E-state index contributed by atoms with van der Waals surface area (Å²) >= 11 is 12.8. The van der Waals surface area contributed by atoms with Crippen molar-refractivity contribution in [2.45, 2.75) is 64.6 Å². The Labute approximate surface area is 247 Å². The molecule has 0 bridgehead atoms. The van der Waals surface area contributed by atoms with E-state index < -0.39 is 28.5 Å². The standard InChI is InChI=1S/C30H35Cl2N3O4S/c1-6-26(30(37)33-20(2)3)34(18-23-11-8-7-10-22(23)5)28(36)19-35(27-13-9-12-25(31)29(27)32)40(38,39)24-16-14-21(4)15-17-24/h7-17,20,26H,6,18-19H2,1-5H3,(H,33,37)/t26-/m1/s1. The molecular formula is C30H35Cl2N3O4S. The Bertz CT molecular complexity index is 1460. The van der Waals surface area contributed by atoms with Crippen LogP contribution in [0.5, 0.6) is 0 Å². The first kappa shape index (κ1) is 31.5. The van der Waals surface area contributed by atoms with Crippen molar-refractivity contribution < 1.29 is 18.0 Å². The van der Waals surface area contributed by atoms with Gasteiger partial charge in [0.05, 0.1) is 20.6 Å². The molecule has 0 aliphatic carbocycles. The van der Waals surface area contributed by atoms with E-state index in [0.29, 0.717) is 6.42 Å². The van der Waals surface area contributed by atoms with Gasteiger partial charge in [0, 0.05) is 12.6 Å². The van der Waals surface area contributed by atoms with Crippen LogP contribution in [-0.2, 0) is 26.2 Å². The predicted octanol–water partition coefficient (Wildman–Crippen LogP) is 6.14. The van der Waals surface area contributed by atoms with Crippen LogP contribution in [0.2, 0.25) is 10.0 Å². The molecule has 3 aromatic rings. The number of carbonyl (C=O) groups excluding carboxylic acids is 2. The van der Waals surface area contributed by atoms with Gasteiger partial charge < -0.3 is 10.2 Å². The molecule has 0 unspecified atom stereocenters. The van der Waals surface area contributed by atoms with E-state index in [2.05, 4.69) is 5.32 Å². The molecule has 0 radical (unpaired) electrons. The number of hydrogen-bond acceptors (Lipinski definition) is 4. The molecule has 0 spiro atoms. The Kier molecular flexibility index (Phi) is 10.6. The topological polar surface area (TPSA) is 86.8 Å². The first-order valence-electron chi connectivity index (χ1n) is 13.0. The van der Waals surface area contributed by atoms with Crippen LogP contribution < -0.4 is 9.62 Å². The molecule has 40 heavy (non-hydrogen) atoms. The molecule has 2 amide bonds. The number of halogens is 2. The highest BCUT2D eigenvalue weighted by Crippen LogP contribution is 2.35. The fourth-order valence-corrected chi connectivity index (χ4v) is 6.18. The van der Waals surface area contributed by atoms with Crippen LogP contribution in [0.3, 0.4) is 0 Å². The summed E-state index contributed by atoms with van der Waals surface area (Å²) in [7, 11) is -4.25. The quantitative estimate of drug-likeness (QED) is 0.285. The van der Waals surface area contributed by atoms with Gasteiger partial charge in [0.15, 0.2) is 0 Å². The highest BCUT2D eigenvalue weighted by Gasteiger charge is 2.35. The summed E-state index contributed by atoms with van der Waals surface area (Å²) in [6.45, 7) is 8.81. The van der Waals surface area contributed by atoms with Gasteiger partial charge in [-0.3, -0.25) is 13.9 Å². The number of anilines is 1. The lowest BCUT2D eigenvalue weighted by Gasteiger charge is -2.34. The van der Waals surface area contributed by atoms with Crippen LogP contribution in [0.25, 0.3) is 0 Å². The zero-order valence-electron chi connectivity index (χ0n) is 23.3. The number of sulfonamides is 1. The maximum Gasteiger partial charge on any atom is 0.264 e. The largest absolute Gasteiger partial charge is 0.352 e. The first-order valence-corrected chi connectivity index (χ1v) is 15.2.